The molecule has 2 aromatic rings. The van der Waals surface area contributed by atoms with E-state index in [1.54, 1.807) is 24.3 Å². The van der Waals surface area contributed by atoms with E-state index < -0.39 is 12.1 Å². The molecular weight excluding hydrogens is 322 g/mol. The van der Waals surface area contributed by atoms with E-state index in [0.717, 1.165) is 24.1 Å². The monoisotopic (exact) mass is 343 g/mol. The number of hydrogen-bond acceptors (Lipinski definition) is 6. The Morgan fingerprint density at radius 3 is 2.88 bits per heavy atom. The molecule has 25 heavy (non-hydrogen) atoms. The van der Waals surface area contributed by atoms with Crippen LogP contribution < -0.4 is 4.74 Å². The average Bonchev–Trinajstić information content (AvgIpc) is 2.93. The molecule has 0 amide bonds. The van der Waals surface area contributed by atoms with Gasteiger partial charge in [-0.25, -0.2) is 4.79 Å². The van der Waals surface area contributed by atoms with E-state index in [4.69, 9.17) is 14.0 Å². The molecule has 1 atom stereocenters. The maximum Gasteiger partial charge on any atom is 0.338 e. The summed E-state index contributed by atoms with van der Waals surface area (Å²) in [4.78, 5) is 24.1. The zero-order chi connectivity index (χ0) is 17.8. The lowest BCUT2D eigenvalue weighted by atomic mass is 9.96. The number of rotatable bonds is 5. The van der Waals surface area contributed by atoms with E-state index in [1.165, 1.54) is 0 Å². The Hall–Kier alpha value is -2.63. The highest BCUT2D eigenvalue weighted by Crippen LogP contribution is 2.21. The van der Waals surface area contributed by atoms with Gasteiger partial charge in [0, 0.05) is 6.42 Å². The van der Waals surface area contributed by atoms with Crippen molar-refractivity contribution >= 4 is 11.8 Å². The van der Waals surface area contributed by atoms with Crippen molar-refractivity contribution in [1.82, 2.24) is 5.16 Å². The third-order valence-electron chi connectivity index (χ3n) is 4.38. The number of benzene rings is 1. The van der Waals surface area contributed by atoms with Gasteiger partial charge < -0.3 is 14.0 Å². The minimum atomic E-state index is -0.617. The van der Waals surface area contributed by atoms with E-state index >= 15 is 0 Å². The van der Waals surface area contributed by atoms with Gasteiger partial charge in [-0.3, -0.25) is 4.79 Å². The van der Waals surface area contributed by atoms with Gasteiger partial charge in [0.15, 0.2) is 11.9 Å². The van der Waals surface area contributed by atoms with Gasteiger partial charge in [-0.2, -0.15) is 0 Å². The molecule has 0 bridgehead atoms. The molecule has 1 fully saturated rings. The molecular formula is C19H21NO5. The van der Waals surface area contributed by atoms with E-state index in [0.29, 0.717) is 36.5 Å². The number of carbonyl (C=O) groups is 2. The highest BCUT2D eigenvalue weighted by molar-refractivity contribution is 5.93. The number of hydrogen-bond donors (Lipinski definition) is 0. The second kappa shape index (κ2) is 7.51. The van der Waals surface area contributed by atoms with Gasteiger partial charge in [0.2, 0.25) is 0 Å². The first-order valence-electron chi connectivity index (χ1n) is 8.43. The van der Waals surface area contributed by atoms with Crippen LogP contribution in [0.25, 0.3) is 0 Å². The molecule has 6 heteroatoms. The van der Waals surface area contributed by atoms with E-state index in [-0.39, 0.29) is 5.78 Å². The molecule has 0 saturated heterocycles. The van der Waals surface area contributed by atoms with Crippen LogP contribution in [-0.4, -0.2) is 23.0 Å². The normalized spacial score (nSPS) is 17.4. The molecule has 0 radical (unpaired) electrons. The predicted octanol–water partition coefficient (Wildman–Crippen LogP) is 3.54. The average molecular weight is 343 g/mol. The Kier molecular flexibility index (Phi) is 5.16. The Morgan fingerprint density at radius 2 is 2.16 bits per heavy atom. The van der Waals surface area contributed by atoms with Gasteiger partial charge in [0.05, 0.1) is 16.8 Å². The standard InChI is InChI=1S/C19H21NO5/c1-12-16(13(2)25-20-12)11-23-15-7-5-6-14(10-15)19(22)24-18-9-4-3-8-17(18)21/h5-7,10,18H,3-4,8-9,11H2,1-2H3. The third-order valence-corrected chi connectivity index (χ3v) is 4.38. The molecule has 1 unspecified atom stereocenters. The maximum atomic E-state index is 12.3. The number of ether oxygens (including phenoxy) is 2. The van der Waals surface area contributed by atoms with Crippen LogP contribution in [0.15, 0.2) is 28.8 Å². The first-order chi connectivity index (χ1) is 12.0. The molecule has 1 aliphatic rings. The number of aryl methyl sites for hydroxylation is 2. The summed E-state index contributed by atoms with van der Waals surface area (Å²) in [6.07, 6.45) is 2.25. The van der Waals surface area contributed by atoms with Crippen LogP contribution in [0.3, 0.4) is 0 Å². The van der Waals surface area contributed by atoms with Crippen LogP contribution in [0, 0.1) is 13.8 Å². The quantitative estimate of drug-likeness (QED) is 0.773. The first kappa shape index (κ1) is 17.2. The predicted molar refractivity (Wildman–Crippen MR) is 89.4 cm³/mol. The van der Waals surface area contributed by atoms with Gasteiger partial charge in [-0.05, 0) is 51.3 Å². The molecule has 1 heterocycles. The summed E-state index contributed by atoms with van der Waals surface area (Å²) < 4.78 is 16.2. The fourth-order valence-corrected chi connectivity index (χ4v) is 2.85. The zero-order valence-electron chi connectivity index (χ0n) is 14.4. The lowest BCUT2D eigenvalue weighted by Crippen LogP contribution is -2.30. The van der Waals surface area contributed by atoms with Crippen LogP contribution in [0.4, 0.5) is 0 Å². The minimum Gasteiger partial charge on any atom is -0.489 e. The topological polar surface area (TPSA) is 78.6 Å². The van der Waals surface area contributed by atoms with Gasteiger partial charge in [0.25, 0.3) is 0 Å². The number of ketones is 1. The van der Waals surface area contributed by atoms with Crippen LogP contribution >= 0.6 is 0 Å². The summed E-state index contributed by atoms with van der Waals surface area (Å²) in [6.45, 7) is 3.98. The van der Waals surface area contributed by atoms with Gasteiger partial charge in [-0.1, -0.05) is 11.2 Å². The molecule has 1 saturated carbocycles. The number of aromatic nitrogens is 1. The van der Waals surface area contributed by atoms with E-state index in [1.807, 2.05) is 13.8 Å². The lowest BCUT2D eigenvalue weighted by Gasteiger charge is -2.20. The highest BCUT2D eigenvalue weighted by Gasteiger charge is 2.26. The zero-order valence-corrected chi connectivity index (χ0v) is 14.4. The van der Waals surface area contributed by atoms with Crippen molar-refractivity contribution in [2.45, 2.75) is 52.2 Å². The molecule has 1 aromatic heterocycles. The Labute approximate surface area is 146 Å². The molecule has 132 valence electrons. The molecule has 3 rings (SSSR count). The van der Waals surface area contributed by atoms with Crippen LogP contribution in [0.5, 0.6) is 5.75 Å². The van der Waals surface area contributed by atoms with Gasteiger partial charge in [0.1, 0.15) is 18.1 Å². The summed E-state index contributed by atoms with van der Waals surface area (Å²) in [6, 6.07) is 6.76. The number of Topliss-reactive ketones (excluding diaryl/α,β-unsaturated/α-hetero) is 1. The SMILES string of the molecule is Cc1noc(C)c1COc1cccc(C(=O)OC2CCCCC2=O)c1. The highest BCUT2D eigenvalue weighted by atomic mass is 16.5. The van der Waals surface area contributed by atoms with E-state index in [9.17, 15) is 9.59 Å². The smallest absolute Gasteiger partial charge is 0.338 e. The molecule has 1 aliphatic carbocycles. The summed E-state index contributed by atoms with van der Waals surface area (Å²) in [5.41, 5.74) is 2.04. The first-order valence-corrected chi connectivity index (χ1v) is 8.43. The van der Waals surface area contributed by atoms with Gasteiger partial charge >= 0.3 is 5.97 Å². The fraction of sp³-hybridized carbons (Fsp3) is 0.421. The number of carbonyl (C=O) groups excluding carboxylic acids is 2. The molecule has 6 nitrogen and oxygen atoms in total. The summed E-state index contributed by atoms with van der Waals surface area (Å²) in [7, 11) is 0. The maximum absolute atomic E-state index is 12.3. The van der Waals surface area contributed by atoms with Crippen molar-refractivity contribution in [3.63, 3.8) is 0 Å². The summed E-state index contributed by atoms with van der Waals surface area (Å²) in [5, 5.41) is 3.89. The van der Waals surface area contributed by atoms with Crippen molar-refractivity contribution < 1.29 is 23.6 Å². The van der Waals surface area contributed by atoms with Crippen molar-refractivity contribution in [2.75, 3.05) is 0 Å². The van der Waals surface area contributed by atoms with Crippen LogP contribution in [-0.2, 0) is 16.1 Å². The van der Waals surface area contributed by atoms with Crippen LogP contribution in [0.2, 0.25) is 0 Å². The Morgan fingerprint density at radius 1 is 1.32 bits per heavy atom. The molecule has 0 spiro atoms. The number of esters is 1. The molecule has 0 N–H and O–H groups in total. The Balaban J connectivity index is 1.64. The van der Waals surface area contributed by atoms with E-state index in [2.05, 4.69) is 5.16 Å². The third kappa shape index (κ3) is 4.07. The second-order valence-corrected chi connectivity index (χ2v) is 6.23. The fourth-order valence-electron chi connectivity index (χ4n) is 2.85. The number of nitrogens with zero attached hydrogens (tertiary/aromatic N) is 1. The minimum absolute atomic E-state index is 0.00501. The summed E-state index contributed by atoms with van der Waals surface area (Å²) >= 11 is 0. The Bertz CT molecular complexity index is 760. The van der Waals surface area contributed by atoms with Crippen molar-refractivity contribution in [1.29, 1.82) is 0 Å². The molecule has 1 aromatic carbocycles. The lowest BCUT2D eigenvalue weighted by molar-refractivity contribution is -0.129. The largest absolute Gasteiger partial charge is 0.489 e. The summed E-state index contributed by atoms with van der Waals surface area (Å²) in [5.74, 6) is 0.766. The van der Waals surface area contributed by atoms with Crippen molar-refractivity contribution in [3.05, 3.63) is 46.8 Å². The van der Waals surface area contributed by atoms with Crippen molar-refractivity contribution in [2.24, 2.45) is 0 Å². The van der Waals surface area contributed by atoms with Gasteiger partial charge in [-0.15, -0.1) is 0 Å². The van der Waals surface area contributed by atoms with Crippen molar-refractivity contribution in [3.8, 4) is 5.75 Å². The second-order valence-electron chi connectivity index (χ2n) is 6.23. The molecule has 0 aliphatic heterocycles. The van der Waals surface area contributed by atoms with Crippen LogP contribution in [0.1, 0.15) is 53.1 Å².